The maximum absolute atomic E-state index is 12.5. The lowest BCUT2D eigenvalue weighted by Gasteiger charge is -2.31. The molecule has 1 amide bonds. The number of amides is 1. The third-order valence-corrected chi connectivity index (χ3v) is 4.26. The van der Waals surface area contributed by atoms with Gasteiger partial charge in [0.1, 0.15) is 6.61 Å². The summed E-state index contributed by atoms with van der Waals surface area (Å²) in [5.74, 6) is 0.655. The maximum atomic E-state index is 12.5. The van der Waals surface area contributed by atoms with E-state index >= 15 is 0 Å². The Morgan fingerprint density at radius 1 is 1.23 bits per heavy atom. The minimum absolute atomic E-state index is 0. The van der Waals surface area contributed by atoms with Crippen LogP contribution in [-0.4, -0.2) is 70.4 Å². The summed E-state index contributed by atoms with van der Waals surface area (Å²) < 4.78 is 40.4. The average Bonchev–Trinajstić information content (AvgIpc) is 3.01. The van der Waals surface area contributed by atoms with Crippen molar-refractivity contribution in [1.82, 2.24) is 15.5 Å². The van der Waals surface area contributed by atoms with Gasteiger partial charge in [-0.1, -0.05) is 12.8 Å². The molecule has 0 atom stereocenters. The highest BCUT2D eigenvalue weighted by atomic mass is 127. The van der Waals surface area contributed by atoms with Crippen LogP contribution >= 0.6 is 24.0 Å². The lowest BCUT2D eigenvalue weighted by atomic mass is 9.84. The fraction of sp³-hybridized carbons (Fsp3) is 0.875. The first kappa shape index (κ1) is 25.2. The third kappa shape index (κ3) is 8.74. The molecule has 1 fully saturated rings. The van der Waals surface area contributed by atoms with E-state index in [1.54, 1.807) is 26.0 Å². The van der Waals surface area contributed by atoms with E-state index in [2.05, 4.69) is 20.4 Å². The van der Waals surface area contributed by atoms with E-state index in [0.29, 0.717) is 25.5 Å². The maximum Gasteiger partial charge on any atom is 0.411 e. The first-order chi connectivity index (χ1) is 11.7. The Morgan fingerprint density at radius 2 is 1.85 bits per heavy atom. The molecule has 1 rings (SSSR count). The van der Waals surface area contributed by atoms with Gasteiger partial charge in [0, 0.05) is 40.8 Å². The van der Waals surface area contributed by atoms with Crippen LogP contribution in [0.25, 0.3) is 0 Å². The van der Waals surface area contributed by atoms with E-state index in [0.717, 1.165) is 25.7 Å². The fourth-order valence-electron chi connectivity index (χ4n) is 3.03. The second-order valence-corrected chi connectivity index (χ2v) is 6.56. The summed E-state index contributed by atoms with van der Waals surface area (Å²) in [6, 6.07) is 0. The van der Waals surface area contributed by atoms with Gasteiger partial charge in [-0.2, -0.15) is 13.2 Å². The number of nitrogens with one attached hydrogen (secondary N) is 2. The molecular formula is C16H30F3IN4O2. The van der Waals surface area contributed by atoms with E-state index in [4.69, 9.17) is 0 Å². The second kappa shape index (κ2) is 11.8. The van der Waals surface area contributed by atoms with Gasteiger partial charge in [-0.15, -0.1) is 24.0 Å². The second-order valence-electron chi connectivity index (χ2n) is 6.56. The molecule has 1 aliphatic rings. The van der Waals surface area contributed by atoms with Crippen LogP contribution in [0.1, 0.15) is 32.1 Å². The van der Waals surface area contributed by atoms with Crippen molar-refractivity contribution in [2.45, 2.75) is 38.3 Å². The van der Waals surface area contributed by atoms with Crippen LogP contribution in [0.3, 0.4) is 0 Å². The standard InChI is InChI=1S/C16H29F3N4O2.HI/c1-20-14(21-9-6-10-25-12-16(17,18)19)22-11-15(7-4-5-8-15)13(24)23(2)3;/h4-12H2,1-3H3,(H2,20,21,22);1H. The highest BCUT2D eigenvalue weighted by Crippen LogP contribution is 2.38. The summed E-state index contributed by atoms with van der Waals surface area (Å²) in [6.45, 7) is -0.276. The molecule has 0 unspecified atom stereocenters. The summed E-state index contributed by atoms with van der Waals surface area (Å²) in [6.07, 6.45) is -0.107. The molecule has 0 aromatic heterocycles. The number of carbonyl (C=O) groups excluding carboxylic acids is 1. The van der Waals surface area contributed by atoms with E-state index in [-0.39, 0.29) is 36.5 Å². The molecule has 0 bridgehead atoms. The van der Waals surface area contributed by atoms with Crippen molar-refractivity contribution in [2.24, 2.45) is 10.4 Å². The smallest absolute Gasteiger partial charge is 0.372 e. The van der Waals surface area contributed by atoms with Crippen LogP contribution in [0, 0.1) is 5.41 Å². The topological polar surface area (TPSA) is 66.0 Å². The summed E-state index contributed by atoms with van der Waals surface area (Å²) in [5.41, 5.74) is -0.406. The van der Waals surface area contributed by atoms with Gasteiger partial charge < -0.3 is 20.3 Å². The van der Waals surface area contributed by atoms with E-state index in [9.17, 15) is 18.0 Å². The molecule has 154 valence electrons. The summed E-state index contributed by atoms with van der Waals surface area (Å²) in [4.78, 5) is 18.2. The van der Waals surface area contributed by atoms with Crippen LogP contribution in [0.2, 0.25) is 0 Å². The zero-order valence-corrected chi connectivity index (χ0v) is 17.9. The molecule has 2 N–H and O–H groups in total. The third-order valence-electron chi connectivity index (χ3n) is 4.26. The van der Waals surface area contributed by atoms with Crippen molar-refractivity contribution in [3.8, 4) is 0 Å². The van der Waals surface area contributed by atoms with Crippen molar-refractivity contribution in [3.63, 3.8) is 0 Å². The van der Waals surface area contributed by atoms with Crippen LogP contribution in [0.4, 0.5) is 13.2 Å². The van der Waals surface area contributed by atoms with E-state index < -0.39 is 18.2 Å². The molecule has 0 spiro atoms. The molecule has 0 aliphatic heterocycles. The molecule has 26 heavy (non-hydrogen) atoms. The Balaban J connectivity index is 0.00000625. The summed E-state index contributed by atoms with van der Waals surface area (Å²) in [7, 11) is 5.14. The molecule has 0 heterocycles. The number of rotatable bonds is 8. The minimum atomic E-state index is -4.29. The van der Waals surface area contributed by atoms with Crippen LogP contribution in [0.5, 0.6) is 0 Å². The SMILES string of the molecule is CN=C(NCCCOCC(F)(F)F)NCC1(C(=O)N(C)C)CCCC1.I. The largest absolute Gasteiger partial charge is 0.411 e. The van der Waals surface area contributed by atoms with Crippen molar-refractivity contribution in [2.75, 3.05) is 47.4 Å². The normalized spacial score (nSPS) is 16.8. The van der Waals surface area contributed by atoms with E-state index in [1.807, 2.05) is 0 Å². The van der Waals surface area contributed by atoms with Crippen LogP contribution < -0.4 is 10.6 Å². The van der Waals surface area contributed by atoms with Gasteiger partial charge in [0.05, 0.1) is 5.41 Å². The first-order valence-electron chi connectivity index (χ1n) is 8.51. The highest BCUT2D eigenvalue weighted by molar-refractivity contribution is 14.0. The number of hydrogen-bond donors (Lipinski definition) is 2. The lowest BCUT2D eigenvalue weighted by molar-refractivity contribution is -0.173. The van der Waals surface area contributed by atoms with Crippen molar-refractivity contribution < 1.29 is 22.7 Å². The van der Waals surface area contributed by atoms with Crippen LogP contribution in [-0.2, 0) is 9.53 Å². The molecule has 0 saturated heterocycles. The Morgan fingerprint density at radius 3 is 2.35 bits per heavy atom. The zero-order chi connectivity index (χ0) is 18.9. The fourth-order valence-corrected chi connectivity index (χ4v) is 3.03. The Labute approximate surface area is 170 Å². The van der Waals surface area contributed by atoms with Crippen molar-refractivity contribution >= 4 is 35.8 Å². The molecule has 6 nitrogen and oxygen atoms in total. The van der Waals surface area contributed by atoms with Gasteiger partial charge in [-0.05, 0) is 19.3 Å². The van der Waals surface area contributed by atoms with Crippen molar-refractivity contribution in [1.29, 1.82) is 0 Å². The number of carbonyl (C=O) groups is 1. The molecule has 0 aromatic rings. The van der Waals surface area contributed by atoms with Crippen molar-refractivity contribution in [3.05, 3.63) is 0 Å². The number of guanidine groups is 1. The van der Waals surface area contributed by atoms with Gasteiger partial charge >= 0.3 is 6.18 Å². The van der Waals surface area contributed by atoms with Gasteiger partial charge in [0.15, 0.2) is 5.96 Å². The average molecular weight is 494 g/mol. The number of hydrogen-bond acceptors (Lipinski definition) is 3. The predicted molar refractivity (Wildman–Crippen MR) is 106 cm³/mol. The molecule has 10 heteroatoms. The summed E-state index contributed by atoms with van der Waals surface area (Å²) >= 11 is 0. The monoisotopic (exact) mass is 494 g/mol. The van der Waals surface area contributed by atoms with E-state index in [1.165, 1.54) is 0 Å². The van der Waals surface area contributed by atoms with Gasteiger partial charge in [0.2, 0.25) is 5.91 Å². The number of nitrogens with zero attached hydrogens (tertiary/aromatic N) is 2. The lowest BCUT2D eigenvalue weighted by Crippen LogP contribution is -2.49. The number of ether oxygens (including phenoxy) is 1. The Kier molecular flexibility index (Phi) is 11.5. The zero-order valence-electron chi connectivity index (χ0n) is 15.6. The Bertz CT molecular complexity index is 453. The first-order valence-corrected chi connectivity index (χ1v) is 8.51. The highest BCUT2D eigenvalue weighted by Gasteiger charge is 2.42. The predicted octanol–water partition coefficient (Wildman–Crippen LogP) is 2.39. The quantitative estimate of drug-likeness (QED) is 0.236. The van der Waals surface area contributed by atoms with Crippen LogP contribution in [0.15, 0.2) is 4.99 Å². The minimum Gasteiger partial charge on any atom is -0.372 e. The molecular weight excluding hydrogens is 464 g/mol. The molecule has 0 radical (unpaired) electrons. The number of aliphatic imine (C=N–C) groups is 1. The molecule has 0 aromatic carbocycles. The Hall–Kier alpha value is -0.780. The summed E-state index contributed by atoms with van der Waals surface area (Å²) in [5, 5.41) is 6.20. The molecule has 1 saturated carbocycles. The van der Waals surface area contributed by atoms with Gasteiger partial charge in [0.25, 0.3) is 0 Å². The number of alkyl halides is 3. The van der Waals surface area contributed by atoms with Gasteiger partial charge in [-0.25, -0.2) is 0 Å². The van der Waals surface area contributed by atoms with Gasteiger partial charge in [-0.3, -0.25) is 9.79 Å². The number of halogens is 4. The molecule has 1 aliphatic carbocycles.